The Morgan fingerprint density at radius 1 is 0.655 bits per heavy atom. The molecule has 0 aliphatic rings. The van der Waals surface area contributed by atoms with Crippen LogP contribution in [0.3, 0.4) is 0 Å². The van der Waals surface area contributed by atoms with Crippen LogP contribution in [0.1, 0.15) is 38.0 Å². The summed E-state index contributed by atoms with van der Waals surface area (Å²) in [4.78, 5) is 37.0. The molecule has 0 bridgehead atoms. The molecule has 0 aromatic heterocycles. The van der Waals surface area contributed by atoms with Crippen molar-refractivity contribution in [3.8, 4) is 11.5 Å². The molecule has 0 heterocycles. The van der Waals surface area contributed by atoms with Crippen LogP contribution in [0.4, 0.5) is 0 Å². The molecule has 3 aromatic carbocycles. The average Bonchev–Trinajstić information content (AvgIpc) is 2.68. The van der Waals surface area contributed by atoms with Crippen LogP contribution in [-0.4, -0.2) is 17.7 Å². The minimum Gasteiger partial charge on any atom is -0.422 e. The SMILES string of the molecule is CC(=O)c1c(OC(=O)c2ccc(Cl)cc2)cccc1OC(=O)c1ccc(Cl)cc1. The first-order chi connectivity index (χ1) is 13.8. The van der Waals surface area contributed by atoms with E-state index in [1.807, 2.05) is 0 Å². The van der Waals surface area contributed by atoms with Crippen LogP contribution in [0.5, 0.6) is 11.5 Å². The smallest absolute Gasteiger partial charge is 0.343 e. The van der Waals surface area contributed by atoms with Gasteiger partial charge in [0, 0.05) is 10.0 Å². The van der Waals surface area contributed by atoms with Crippen LogP contribution in [0.15, 0.2) is 66.7 Å². The van der Waals surface area contributed by atoms with Crippen molar-refractivity contribution in [3.63, 3.8) is 0 Å². The molecule has 0 N–H and O–H groups in total. The summed E-state index contributed by atoms with van der Waals surface area (Å²) >= 11 is 11.6. The third-order valence-electron chi connectivity index (χ3n) is 3.91. The minimum absolute atomic E-state index is 0.0149. The third kappa shape index (κ3) is 5.02. The van der Waals surface area contributed by atoms with E-state index in [0.29, 0.717) is 10.0 Å². The average molecular weight is 429 g/mol. The second-order valence-corrected chi connectivity index (χ2v) is 6.85. The Balaban J connectivity index is 1.88. The third-order valence-corrected chi connectivity index (χ3v) is 4.41. The molecule has 146 valence electrons. The molecule has 0 atom stereocenters. The molecule has 0 aliphatic carbocycles. The van der Waals surface area contributed by atoms with Gasteiger partial charge < -0.3 is 9.47 Å². The van der Waals surface area contributed by atoms with E-state index in [2.05, 4.69) is 0 Å². The van der Waals surface area contributed by atoms with Gasteiger partial charge in [-0.2, -0.15) is 0 Å². The zero-order chi connectivity index (χ0) is 21.0. The molecule has 0 aliphatic heterocycles. The summed E-state index contributed by atoms with van der Waals surface area (Å²) in [5.41, 5.74) is 0.497. The van der Waals surface area contributed by atoms with E-state index in [0.717, 1.165) is 0 Å². The number of ketones is 1. The molecule has 0 radical (unpaired) electrons. The Hall–Kier alpha value is -3.15. The largest absolute Gasteiger partial charge is 0.422 e. The van der Waals surface area contributed by atoms with Crippen LogP contribution < -0.4 is 9.47 Å². The van der Waals surface area contributed by atoms with Crippen molar-refractivity contribution in [2.24, 2.45) is 0 Å². The Labute approximate surface area is 176 Å². The molecular weight excluding hydrogens is 415 g/mol. The van der Waals surface area contributed by atoms with Crippen molar-refractivity contribution in [1.82, 2.24) is 0 Å². The lowest BCUT2D eigenvalue weighted by Crippen LogP contribution is -2.14. The lowest BCUT2D eigenvalue weighted by molar-refractivity contribution is 0.0729. The first kappa shape index (κ1) is 20.6. The van der Waals surface area contributed by atoms with Crippen molar-refractivity contribution in [2.75, 3.05) is 0 Å². The summed E-state index contributed by atoms with van der Waals surface area (Å²) in [6.07, 6.45) is 0. The van der Waals surface area contributed by atoms with Gasteiger partial charge in [-0.1, -0.05) is 29.3 Å². The highest BCUT2D eigenvalue weighted by atomic mass is 35.5. The van der Waals surface area contributed by atoms with E-state index in [1.54, 1.807) is 24.3 Å². The van der Waals surface area contributed by atoms with Gasteiger partial charge >= 0.3 is 11.9 Å². The first-order valence-corrected chi connectivity index (χ1v) is 9.20. The Bertz CT molecular complexity index is 996. The normalized spacial score (nSPS) is 10.3. The number of halogens is 2. The quantitative estimate of drug-likeness (QED) is 0.299. The van der Waals surface area contributed by atoms with Crippen molar-refractivity contribution >= 4 is 40.9 Å². The molecule has 3 rings (SSSR count). The second-order valence-electron chi connectivity index (χ2n) is 5.98. The maximum atomic E-state index is 12.4. The minimum atomic E-state index is -0.676. The highest BCUT2D eigenvalue weighted by Gasteiger charge is 2.21. The molecule has 0 spiro atoms. The number of rotatable bonds is 5. The number of ether oxygens (including phenoxy) is 2. The maximum Gasteiger partial charge on any atom is 0.343 e. The van der Waals surface area contributed by atoms with Crippen molar-refractivity contribution in [2.45, 2.75) is 6.92 Å². The molecule has 29 heavy (non-hydrogen) atoms. The van der Waals surface area contributed by atoms with E-state index >= 15 is 0 Å². The van der Waals surface area contributed by atoms with Crippen LogP contribution >= 0.6 is 23.2 Å². The summed E-state index contributed by atoms with van der Waals surface area (Å²) < 4.78 is 10.7. The fourth-order valence-electron chi connectivity index (χ4n) is 2.52. The number of Topliss-reactive ketones (excluding diaryl/α,β-unsaturated/α-hetero) is 1. The fraction of sp³-hybridized carbons (Fsp3) is 0.0455. The Morgan fingerprint density at radius 3 is 1.38 bits per heavy atom. The lowest BCUT2D eigenvalue weighted by Gasteiger charge is -2.13. The van der Waals surface area contributed by atoms with Gasteiger partial charge in [0.1, 0.15) is 17.1 Å². The molecule has 0 saturated heterocycles. The van der Waals surface area contributed by atoms with Gasteiger partial charge in [-0.3, -0.25) is 4.79 Å². The van der Waals surface area contributed by atoms with E-state index in [4.69, 9.17) is 32.7 Å². The van der Waals surface area contributed by atoms with Crippen LogP contribution in [0, 0.1) is 0 Å². The lowest BCUT2D eigenvalue weighted by atomic mass is 10.1. The first-order valence-electron chi connectivity index (χ1n) is 8.44. The zero-order valence-electron chi connectivity index (χ0n) is 15.1. The number of carbonyl (C=O) groups excluding carboxylic acids is 3. The zero-order valence-corrected chi connectivity index (χ0v) is 16.7. The van der Waals surface area contributed by atoms with Gasteiger partial charge in [-0.05, 0) is 67.6 Å². The van der Waals surface area contributed by atoms with Crippen molar-refractivity contribution < 1.29 is 23.9 Å². The van der Waals surface area contributed by atoms with Crippen LogP contribution in [0.2, 0.25) is 10.0 Å². The van der Waals surface area contributed by atoms with Gasteiger partial charge in [0.25, 0.3) is 0 Å². The number of benzene rings is 3. The molecule has 0 unspecified atom stereocenters. The van der Waals surface area contributed by atoms with Gasteiger partial charge in [0.2, 0.25) is 0 Å². The van der Waals surface area contributed by atoms with Crippen LogP contribution in [0.25, 0.3) is 0 Å². The second kappa shape index (κ2) is 8.90. The van der Waals surface area contributed by atoms with Crippen molar-refractivity contribution in [3.05, 3.63) is 93.5 Å². The van der Waals surface area contributed by atoms with E-state index in [1.165, 1.54) is 49.4 Å². The molecular formula is C22H14Cl2O5. The van der Waals surface area contributed by atoms with Gasteiger partial charge in [-0.15, -0.1) is 0 Å². The molecule has 0 saturated carbocycles. The Kier molecular flexibility index (Phi) is 6.32. The summed E-state index contributed by atoms with van der Waals surface area (Å²) in [6.45, 7) is 1.29. The summed E-state index contributed by atoms with van der Waals surface area (Å²) in [5.74, 6) is -1.81. The van der Waals surface area contributed by atoms with E-state index in [-0.39, 0.29) is 28.2 Å². The van der Waals surface area contributed by atoms with Gasteiger partial charge in [-0.25, -0.2) is 9.59 Å². The molecule has 7 heteroatoms. The highest BCUT2D eigenvalue weighted by molar-refractivity contribution is 6.31. The summed E-state index contributed by atoms with van der Waals surface area (Å²) in [5, 5.41) is 0.948. The molecule has 3 aromatic rings. The standard InChI is InChI=1S/C22H14Cl2O5/c1-13(25)20-18(28-21(26)14-5-9-16(23)10-6-14)3-2-4-19(20)29-22(27)15-7-11-17(24)12-8-15/h2-12H,1H3. The summed E-state index contributed by atoms with van der Waals surface area (Å²) in [6, 6.07) is 16.6. The molecule has 5 nitrogen and oxygen atoms in total. The Morgan fingerprint density at radius 2 is 1.03 bits per heavy atom. The van der Waals surface area contributed by atoms with Gasteiger partial charge in [0.15, 0.2) is 5.78 Å². The van der Waals surface area contributed by atoms with Crippen molar-refractivity contribution in [1.29, 1.82) is 0 Å². The fourth-order valence-corrected chi connectivity index (χ4v) is 2.77. The van der Waals surface area contributed by atoms with Crippen LogP contribution in [-0.2, 0) is 0 Å². The van der Waals surface area contributed by atoms with E-state index in [9.17, 15) is 14.4 Å². The predicted molar refractivity (Wildman–Crippen MR) is 109 cm³/mol. The maximum absolute atomic E-state index is 12.4. The monoisotopic (exact) mass is 428 g/mol. The topological polar surface area (TPSA) is 69.7 Å². The number of hydrogen-bond donors (Lipinski definition) is 0. The molecule has 0 fully saturated rings. The number of hydrogen-bond acceptors (Lipinski definition) is 5. The number of esters is 2. The number of carbonyl (C=O) groups is 3. The predicted octanol–water partition coefficient (Wildman–Crippen LogP) is 5.63. The van der Waals surface area contributed by atoms with Gasteiger partial charge in [0.05, 0.1) is 11.1 Å². The van der Waals surface area contributed by atoms with E-state index < -0.39 is 17.7 Å². The summed E-state index contributed by atoms with van der Waals surface area (Å²) in [7, 11) is 0. The molecule has 0 amide bonds. The highest BCUT2D eigenvalue weighted by Crippen LogP contribution is 2.30.